The van der Waals surface area contributed by atoms with Crippen molar-refractivity contribution in [2.24, 2.45) is 0 Å². The van der Waals surface area contributed by atoms with E-state index in [2.05, 4.69) is 43.0 Å². The molecule has 1 aromatic rings. The molecule has 98 valence electrons. The molecule has 0 bridgehead atoms. The molecule has 0 saturated heterocycles. The highest BCUT2D eigenvalue weighted by atomic mass is 32.1. The quantitative estimate of drug-likeness (QED) is 0.724. The fourth-order valence-corrected chi connectivity index (χ4v) is 2.73. The van der Waals surface area contributed by atoms with Crippen molar-refractivity contribution in [1.29, 1.82) is 0 Å². The van der Waals surface area contributed by atoms with Crippen LogP contribution in [0.3, 0.4) is 0 Å². The minimum atomic E-state index is 0.614. The van der Waals surface area contributed by atoms with Gasteiger partial charge in [0, 0.05) is 24.0 Å². The van der Waals surface area contributed by atoms with Gasteiger partial charge in [-0.05, 0) is 33.4 Å². The van der Waals surface area contributed by atoms with E-state index in [1.54, 1.807) is 11.3 Å². The lowest BCUT2D eigenvalue weighted by Gasteiger charge is -2.27. The molecular formula is C13H25N3S. The molecule has 1 atom stereocenters. The average Bonchev–Trinajstić information content (AvgIpc) is 2.70. The van der Waals surface area contributed by atoms with Gasteiger partial charge in [-0.2, -0.15) is 0 Å². The molecular weight excluding hydrogens is 230 g/mol. The molecule has 0 amide bonds. The Morgan fingerprint density at radius 1 is 1.47 bits per heavy atom. The Labute approximate surface area is 109 Å². The zero-order chi connectivity index (χ0) is 12.7. The Bertz CT molecular complexity index is 311. The van der Waals surface area contributed by atoms with Crippen LogP contribution in [0.1, 0.15) is 37.3 Å². The predicted molar refractivity (Wildman–Crippen MR) is 75.6 cm³/mol. The highest BCUT2D eigenvalue weighted by Crippen LogP contribution is 2.16. The van der Waals surface area contributed by atoms with Crippen molar-refractivity contribution >= 4 is 11.3 Å². The summed E-state index contributed by atoms with van der Waals surface area (Å²) in [5.41, 5.74) is 3.12. The van der Waals surface area contributed by atoms with E-state index in [0.717, 1.165) is 19.6 Å². The van der Waals surface area contributed by atoms with Gasteiger partial charge in [0.2, 0.25) is 0 Å². The Hall–Kier alpha value is -0.450. The molecule has 0 spiro atoms. The molecule has 1 rings (SSSR count). The first kappa shape index (κ1) is 14.6. The summed E-state index contributed by atoms with van der Waals surface area (Å²) in [7, 11) is 2.21. The summed E-state index contributed by atoms with van der Waals surface area (Å²) in [6, 6.07) is 0.614. The van der Waals surface area contributed by atoms with Gasteiger partial charge in [-0.25, -0.2) is 4.98 Å². The van der Waals surface area contributed by atoms with E-state index in [1.807, 2.05) is 5.51 Å². The Morgan fingerprint density at radius 2 is 2.24 bits per heavy atom. The van der Waals surface area contributed by atoms with Crippen LogP contribution in [0, 0.1) is 6.92 Å². The summed E-state index contributed by atoms with van der Waals surface area (Å²) in [6.07, 6.45) is 2.39. The SMILES string of the molecule is CCCNCC(CC)N(C)Cc1scnc1C. The molecule has 17 heavy (non-hydrogen) atoms. The normalized spacial score (nSPS) is 13.2. The van der Waals surface area contributed by atoms with Crippen LogP contribution < -0.4 is 5.32 Å². The van der Waals surface area contributed by atoms with E-state index in [4.69, 9.17) is 0 Å². The Kier molecular flexibility index (Phi) is 6.70. The second-order valence-electron chi connectivity index (χ2n) is 4.54. The summed E-state index contributed by atoms with van der Waals surface area (Å²) >= 11 is 1.76. The number of aryl methyl sites for hydroxylation is 1. The van der Waals surface area contributed by atoms with Gasteiger partial charge < -0.3 is 5.32 Å². The molecule has 0 aliphatic heterocycles. The van der Waals surface area contributed by atoms with Crippen LogP contribution in [0.4, 0.5) is 0 Å². The van der Waals surface area contributed by atoms with Crippen LogP contribution >= 0.6 is 11.3 Å². The van der Waals surface area contributed by atoms with E-state index >= 15 is 0 Å². The zero-order valence-electron chi connectivity index (χ0n) is 11.5. The maximum absolute atomic E-state index is 4.31. The van der Waals surface area contributed by atoms with Gasteiger partial charge in [-0.3, -0.25) is 4.90 Å². The van der Waals surface area contributed by atoms with Crippen molar-refractivity contribution < 1.29 is 0 Å². The first-order valence-electron chi connectivity index (χ1n) is 6.48. The molecule has 0 aliphatic carbocycles. The zero-order valence-corrected chi connectivity index (χ0v) is 12.3. The maximum Gasteiger partial charge on any atom is 0.0798 e. The fraction of sp³-hybridized carbons (Fsp3) is 0.769. The van der Waals surface area contributed by atoms with E-state index in [0.29, 0.717) is 6.04 Å². The van der Waals surface area contributed by atoms with Gasteiger partial charge in [-0.15, -0.1) is 11.3 Å². The third-order valence-electron chi connectivity index (χ3n) is 3.14. The van der Waals surface area contributed by atoms with E-state index in [1.165, 1.54) is 23.4 Å². The molecule has 1 N–H and O–H groups in total. The molecule has 0 fully saturated rings. The molecule has 1 aromatic heterocycles. The minimum Gasteiger partial charge on any atom is -0.315 e. The van der Waals surface area contributed by atoms with Crippen molar-refractivity contribution in [3.63, 3.8) is 0 Å². The highest BCUT2D eigenvalue weighted by molar-refractivity contribution is 7.09. The summed E-state index contributed by atoms with van der Waals surface area (Å²) < 4.78 is 0. The lowest BCUT2D eigenvalue weighted by atomic mass is 10.2. The summed E-state index contributed by atoms with van der Waals surface area (Å²) in [4.78, 5) is 8.13. The number of thiazole rings is 1. The van der Waals surface area contributed by atoms with Crippen LogP contribution in [-0.4, -0.2) is 36.1 Å². The third kappa shape index (κ3) is 4.74. The van der Waals surface area contributed by atoms with Crippen LogP contribution in [-0.2, 0) is 6.54 Å². The Balaban J connectivity index is 2.43. The second kappa shape index (κ2) is 7.80. The van der Waals surface area contributed by atoms with Gasteiger partial charge in [0.15, 0.2) is 0 Å². The molecule has 1 unspecified atom stereocenters. The number of nitrogens with zero attached hydrogens (tertiary/aromatic N) is 2. The average molecular weight is 255 g/mol. The monoisotopic (exact) mass is 255 g/mol. The minimum absolute atomic E-state index is 0.614. The van der Waals surface area contributed by atoms with Crippen molar-refractivity contribution in [2.45, 2.75) is 46.2 Å². The first-order valence-corrected chi connectivity index (χ1v) is 7.36. The summed E-state index contributed by atoms with van der Waals surface area (Å²) in [5.74, 6) is 0. The lowest BCUT2D eigenvalue weighted by molar-refractivity contribution is 0.223. The van der Waals surface area contributed by atoms with Gasteiger partial charge >= 0.3 is 0 Å². The molecule has 1 heterocycles. The lowest BCUT2D eigenvalue weighted by Crippen LogP contribution is -2.39. The third-order valence-corrected chi connectivity index (χ3v) is 4.06. The number of hydrogen-bond acceptors (Lipinski definition) is 4. The van der Waals surface area contributed by atoms with Gasteiger partial charge in [0.25, 0.3) is 0 Å². The van der Waals surface area contributed by atoms with Crippen molar-refractivity contribution in [3.8, 4) is 0 Å². The number of likely N-dealkylation sites (N-methyl/N-ethyl adjacent to an activating group) is 1. The van der Waals surface area contributed by atoms with Crippen molar-refractivity contribution in [3.05, 3.63) is 16.1 Å². The molecule has 0 radical (unpaired) electrons. The van der Waals surface area contributed by atoms with Crippen LogP contribution in [0.2, 0.25) is 0 Å². The van der Waals surface area contributed by atoms with Gasteiger partial charge in [0.05, 0.1) is 11.2 Å². The van der Waals surface area contributed by atoms with Gasteiger partial charge in [0.1, 0.15) is 0 Å². The van der Waals surface area contributed by atoms with Gasteiger partial charge in [-0.1, -0.05) is 13.8 Å². The second-order valence-corrected chi connectivity index (χ2v) is 5.48. The standard InChI is InChI=1S/C13H25N3S/c1-5-7-14-8-12(6-2)16(4)9-13-11(3)15-10-17-13/h10,12,14H,5-9H2,1-4H3. The topological polar surface area (TPSA) is 28.2 Å². The van der Waals surface area contributed by atoms with Crippen molar-refractivity contribution in [1.82, 2.24) is 15.2 Å². The molecule has 0 aromatic carbocycles. The van der Waals surface area contributed by atoms with E-state index in [-0.39, 0.29) is 0 Å². The number of aromatic nitrogens is 1. The smallest absolute Gasteiger partial charge is 0.0798 e. The van der Waals surface area contributed by atoms with Crippen LogP contribution in [0.5, 0.6) is 0 Å². The number of rotatable bonds is 8. The molecule has 0 aliphatic rings. The van der Waals surface area contributed by atoms with E-state index in [9.17, 15) is 0 Å². The molecule has 3 nitrogen and oxygen atoms in total. The highest BCUT2D eigenvalue weighted by Gasteiger charge is 2.14. The van der Waals surface area contributed by atoms with Crippen LogP contribution in [0.25, 0.3) is 0 Å². The van der Waals surface area contributed by atoms with Crippen LogP contribution in [0.15, 0.2) is 5.51 Å². The fourth-order valence-electron chi connectivity index (χ4n) is 1.89. The molecule has 0 saturated carbocycles. The Morgan fingerprint density at radius 3 is 2.76 bits per heavy atom. The van der Waals surface area contributed by atoms with E-state index < -0.39 is 0 Å². The summed E-state index contributed by atoms with van der Waals surface area (Å²) in [5, 5.41) is 3.51. The maximum atomic E-state index is 4.31. The largest absolute Gasteiger partial charge is 0.315 e. The van der Waals surface area contributed by atoms with Crippen molar-refractivity contribution in [2.75, 3.05) is 20.1 Å². The number of hydrogen-bond donors (Lipinski definition) is 1. The first-order chi connectivity index (χ1) is 8.19. The number of nitrogens with one attached hydrogen (secondary N) is 1. The summed E-state index contributed by atoms with van der Waals surface area (Å²) in [6.45, 7) is 9.77. The molecule has 4 heteroatoms. The predicted octanol–water partition coefficient (Wildman–Crippen LogP) is 2.66.